The van der Waals surface area contributed by atoms with Gasteiger partial charge < -0.3 is 15.8 Å². The first kappa shape index (κ1) is 16.8. The van der Waals surface area contributed by atoms with Crippen LogP contribution in [0.3, 0.4) is 0 Å². The second-order valence-electron chi connectivity index (χ2n) is 5.71. The number of nitrogens with zero attached hydrogens (tertiary/aromatic N) is 2. The number of rotatable bonds is 6. The van der Waals surface area contributed by atoms with E-state index in [1.807, 2.05) is 42.5 Å². The SMILES string of the molecule is COc1ccc(CCNC(N)=NCc2nccc3ccccc23)cc1. The normalized spacial score (nSPS) is 11.5. The Morgan fingerprint density at radius 3 is 2.72 bits per heavy atom. The predicted molar refractivity (Wildman–Crippen MR) is 102 cm³/mol. The van der Waals surface area contributed by atoms with Crippen molar-refractivity contribution in [1.29, 1.82) is 0 Å². The van der Waals surface area contributed by atoms with E-state index in [1.165, 1.54) is 5.56 Å². The van der Waals surface area contributed by atoms with E-state index in [0.717, 1.165) is 35.2 Å². The summed E-state index contributed by atoms with van der Waals surface area (Å²) in [7, 11) is 1.67. The molecule has 1 aromatic heterocycles. The molecule has 0 amide bonds. The average molecular weight is 334 g/mol. The van der Waals surface area contributed by atoms with Crippen LogP contribution in [-0.2, 0) is 13.0 Å². The molecule has 1 heterocycles. The lowest BCUT2D eigenvalue weighted by Gasteiger charge is -2.07. The molecule has 0 spiro atoms. The van der Waals surface area contributed by atoms with Crippen molar-refractivity contribution in [2.24, 2.45) is 10.7 Å². The number of hydrogen-bond acceptors (Lipinski definition) is 3. The summed E-state index contributed by atoms with van der Waals surface area (Å²) in [5, 5.41) is 5.42. The fraction of sp³-hybridized carbons (Fsp3) is 0.200. The van der Waals surface area contributed by atoms with Gasteiger partial charge in [-0.3, -0.25) is 4.98 Å². The molecule has 128 valence electrons. The van der Waals surface area contributed by atoms with Crippen LogP contribution in [0, 0.1) is 0 Å². The van der Waals surface area contributed by atoms with Gasteiger partial charge in [0, 0.05) is 18.1 Å². The quantitative estimate of drug-likeness (QED) is 0.537. The molecule has 0 aliphatic heterocycles. The minimum atomic E-state index is 0.434. The lowest BCUT2D eigenvalue weighted by atomic mass is 10.1. The number of nitrogens with one attached hydrogen (secondary N) is 1. The van der Waals surface area contributed by atoms with Gasteiger partial charge in [-0.25, -0.2) is 4.99 Å². The zero-order valence-corrected chi connectivity index (χ0v) is 14.3. The molecule has 25 heavy (non-hydrogen) atoms. The summed E-state index contributed by atoms with van der Waals surface area (Å²) < 4.78 is 5.16. The average Bonchev–Trinajstić information content (AvgIpc) is 2.67. The van der Waals surface area contributed by atoms with Gasteiger partial charge in [0.05, 0.1) is 19.3 Å². The second kappa shape index (κ2) is 8.15. The summed E-state index contributed by atoms with van der Waals surface area (Å²) >= 11 is 0. The number of guanidine groups is 1. The topological polar surface area (TPSA) is 72.5 Å². The maximum atomic E-state index is 5.97. The molecule has 3 N–H and O–H groups in total. The highest BCUT2D eigenvalue weighted by Gasteiger charge is 2.01. The Hall–Kier alpha value is -3.08. The molecule has 0 unspecified atom stereocenters. The molecule has 0 radical (unpaired) electrons. The Bertz CT molecular complexity index is 854. The van der Waals surface area contributed by atoms with Gasteiger partial charge in [-0.15, -0.1) is 0 Å². The number of pyridine rings is 1. The van der Waals surface area contributed by atoms with Crippen LogP contribution < -0.4 is 15.8 Å². The van der Waals surface area contributed by atoms with Crippen molar-refractivity contribution in [3.8, 4) is 5.75 Å². The van der Waals surface area contributed by atoms with Crippen molar-refractivity contribution in [3.63, 3.8) is 0 Å². The number of fused-ring (bicyclic) bond motifs is 1. The van der Waals surface area contributed by atoms with Gasteiger partial charge in [0.15, 0.2) is 5.96 Å². The van der Waals surface area contributed by atoms with Gasteiger partial charge >= 0.3 is 0 Å². The smallest absolute Gasteiger partial charge is 0.188 e. The third-order valence-corrected chi connectivity index (χ3v) is 4.03. The van der Waals surface area contributed by atoms with E-state index in [9.17, 15) is 0 Å². The van der Waals surface area contributed by atoms with E-state index in [2.05, 4.69) is 27.4 Å². The Labute approximate surface area is 147 Å². The van der Waals surface area contributed by atoms with Crippen molar-refractivity contribution < 1.29 is 4.74 Å². The minimum Gasteiger partial charge on any atom is -0.497 e. The second-order valence-corrected chi connectivity index (χ2v) is 5.71. The minimum absolute atomic E-state index is 0.434. The fourth-order valence-electron chi connectivity index (χ4n) is 2.65. The first-order chi connectivity index (χ1) is 12.3. The molecule has 0 aliphatic carbocycles. The van der Waals surface area contributed by atoms with Crippen molar-refractivity contribution in [2.75, 3.05) is 13.7 Å². The van der Waals surface area contributed by atoms with Crippen LogP contribution >= 0.6 is 0 Å². The number of nitrogens with two attached hydrogens (primary N) is 1. The van der Waals surface area contributed by atoms with Crippen LogP contribution in [0.5, 0.6) is 5.75 Å². The third-order valence-electron chi connectivity index (χ3n) is 4.03. The van der Waals surface area contributed by atoms with Crippen molar-refractivity contribution in [1.82, 2.24) is 10.3 Å². The molecule has 0 bridgehead atoms. The van der Waals surface area contributed by atoms with Crippen LogP contribution in [0.1, 0.15) is 11.3 Å². The van der Waals surface area contributed by atoms with Crippen LogP contribution in [0.15, 0.2) is 65.8 Å². The lowest BCUT2D eigenvalue weighted by Crippen LogP contribution is -2.33. The van der Waals surface area contributed by atoms with Gasteiger partial charge in [-0.1, -0.05) is 36.4 Å². The van der Waals surface area contributed by atoms with Gasteiger partial charge in [-0.2, -0.15) is 0 Å². The zero-order valence-electron chi connectivity index (χ0n) is 14.3. The summed E-state index contributed by atoms with van der Waals surface area (Å²) in [5.41, 5.74) is 8.11. The largest absolute Gasteiger partial charge is 0.497 e. The van der Waals surface area contributed by atoms with E-state index in [-0.39, 0.29) is 0 Å². The fourth-order valence-corrected chi connectivity index (χ4v) is 2.65. The van der Waals surface area contributed by atoms with E-state index in [4.69, 9.17) is 10.5 Å². The number of hydrogen-bond donors (Lipinski definition) is 2. The maximum Gasteiger partial charge on any atom is 0.188 e. The van der Waals surface area contributed by atoms with Crippen LogP contribution in [0.25, 0.3) is 10.8 Å². The molecule has 3 rings (SSSR count). The van der Waals surface area contributed by atoms with Gasteiger partial charge in [-0.05, 0) is 35.6 Å². The summed E-state index contributed by atoms with van der Waals surface area (Å²) in [6, 6.07) is 18.2. The van der Waals surface area contributed by atoms with Crippen molar-refractivity contribution >= 4 is 16.7 Å². The summed E-state index contributed by atoms with van der Waals surface area (Å²) in [6.07, 6.45) is 2.67. The zero-order chi connectivity index (χ0) is 17.5. The van der Waals surface area contributed by atoms with E-state index >= 15 is 0 Å². The van der Waals surface area contributed by atoms with Gasteiger partial charge in [0.1, 0.15) is 5.75 Å². The molecule has 0 aliphatic rings. The number of aliphatic imine (C=N–C) groups is 1. The van der Waals surface area contributed by atoms with E-state index in [1.54, 1.807) is 13.3 Å². The molecule has 0 fully saturated rings. The Kier molecular flexibility index (Phi) is 5.46. The number of aromatic nitrogens is 1. The van der Waals surface area contributed by atoms with Crippen LogP contribution in [-0.4, -0.2) is 24.6 Å². The molecule has 0 saturated heterocycles. The maximum absolute atomic E-state index is 5.97. The number of methoxy groups -OCH3 is 1. The highest BCUT2D eigenvalue weighted by atomic mass is 16.5. The first-order valence-corrected chi connectivity index (χ1v) is 8.25. The van der Waals surface area contributed by atoms with Gasteiger partial charge in [0.25, 0.3) is 0 Å². The number of ether oxygens (including phenoxy) is 1. The highest BCUT2D eigenvalue weighted by molar-refractivity contribution is 5.84. The monoisotopic (exact) mass is 334 g/mol. The standard InChI is InChI=1S/C20H22N4O/c1-25-17-8-6-15(7-9-17)10-12-23-20(21)24-14-19-18-5-3-2-4-16(18)11-13-22-19/h2-9,11,13H,10,12,14H2,1H3,(H3,21,23,24). The molecule has 0 atom stereocenters. The Balaban J connectivity index is 1.54. The predicted octanol–water partition coefficient (Wildman–Crippen LogP) is 2.89. The van der Waals surface area contributed by atoms with Crippen LogP contribution in [0.4, 0.5) is 0 Å². The molecule has 0 saturated carbocycles. The summed E-state index contributed by atoms with van der Waals surface area (Å²) in [6.45, 7) is 1.19. The van der Waals surface area contributed by atoms with Crippen molar-refractivity contribution in [3.05, 3.63) is 72.1 Å². The molecule has 5 heteroatoms. The highest BCUT2D eigenvalue weighted by Crippen LogP contribution is 2.16. The first-order valence-electron chi connectivity index (χ1n) is 8.25. The molecule has 3 aromatic rings. The van der Waals surface area contributed by atoms with Crippen LogP contribution in [0.2, 0.25) is 0 Å². The summed E-state index contributed by atoms with van der Waals surface area (Å²) in [5.74, 6) is 1.30. The Morgan fingerprint density at radius 1 is 1.12 bits per heavy atom. The van der Waals surface area contributed by atoms with Crippen molar-refractivity contribution in [2.45, 2.75) is 13.0 Å². The van der Waals surface area contributed by atoms with Gasteiger partial charge in [0.2, 0.25) is 0 Å². The van der Waals surface area contributed by atoms with E-state index in [0.29, 0.717) is 12.5 Å². The van der Waals surface area contributed by atoms with E-state index < -0.39 is 0 Å². The summed E-state index contributed by atoms with van der Waals surface area (Å²) in [4.78, 5) is 8.82. The lowest BCUT2D eigenvalue weighted by molar-refractivity contribution is 0.414. The Morgan fingerprint density at radius 2 is 1.92 bits per heavy atom. The number of benzene rings is 2. The molecule has 2 aromatic carbocycles. The molecular formula is C20H22N4O. The molecule has 5 nitrogen and oxygen atoms in total. The third kappa shape index (κ3) is 4.47. The molecular weight excluding hydrogens is 312 g/mol.